The number of nitrogens with one attached hydrogen (secondary N) is 1. The van der Waals surface area contributed by atoms with Crippen LogP contribution >= 0.6 is 0 Å². The molecule has 1 aromatic heterocycles. The third-order valence-electron chi connectivity index (χ3n) is 3.09. The number of hydrogen-bond acceptors (Lipinski definition) is 2. The molecule has 1 N–H and O–H groups in total. The van der Waals surface area contributed by atoms with E-state index in [0.29, 0.717) is 11.8 Å². The largest absolute Gasteiger partial charge is 0.419 e. The summed E-state index contributed by atoms with van der Waals surface area (Å²) in [6.45, 7) is 2.87. The number of nitriles is 1. The monoisotopic (exact) mass is 310 g/mol. The van der Waals surface area contributed by atoms with Gasteiger partial charge < -0.3 is 4.98 Å². The Morgan fingerprint density at radius 2 is 1.77 bits per heavy atom. The maximum absolute atomic E-state index is 14.3. The smallest absolute Gasteiger partial charge is 0.325 e. The van der Waals surface area contributed by atoms with Crippen LogP contribution in [-0.4, -0.2) is 4.98 Å². The minimum Gasteiger partial charge on any atom is -0.325 e. The predicted molar refractivity (Wildman–Crippen MR) is 71.6 cm³/mol. The van der Waals surface area contributed by atoms with Gasteiger partial charge in [0.25, 0.3) is 5.56 Å². The Hall–Kier alpha value is -2.62. The van der Waals surface area contributed by atoms with Crippen molar-refractivity contribution in [2.24, 2.45) is 0 Å². The third kappa shape index (κ3) is 2.72. The Kier molecular flexibility index (Phi) is 3.79. The van der Waals surface area contributed by atoms with Crippen LogP contribution in [0.4, 0.5) is 17.6 Å². The van der Waals surface area contributed by atoms with Crippen molar-refractivity contribution in [1.82, 2.24) is 4.98 Å². The van der Waals surface area contributed by atoms with Gasteiger partial charge in [0.05, 0.1) is 5.56 Å². The van der Waals surface area contributed by atoms with Gasteiger partial charge in [-0.15, -0.1) is 0 Å². The lowest BCUT2D eigenvalue weighted by Crippen LogP contribution is -2.14. The Bertz CT molecular complexity index is 844. The highest BCUT2D eigenvalue weighted by molar-refractivity contribution is 5.72. The lowest BCUT2D eigenvalue weighted by atomic mass is 9.96. The second kappa shape index (κ2) is 5.30. The molecule has 1 heterocycles. The molecule has 0 amide bonds. The summed E-state index contributed by atoms with van der Waals surface area (Å²) >= 11 is 0. The van der Waals surface area contributed by atoms with Crippen LogP contribution in [0, 0.1) is 31.0 Å². The SMILES string of the molecule is Cc1cc(-c2cc(C)[nH]c(=O)c2C#N)c(F)c(C(F)(F)F)c1. The van der Waals surface area contributed by atoms with E-state index in [-0.39, 0.29) is 11.1 Å². The maximum atomic E-state index is 14.3. The fraction of sp³-hybridized carbons (Fsp3) is 0.200. The minimum atomic E-state index is -4.87. The molecular weight excluding hydrogens is 300 g/mol. The topological polar surface area (TPSA) is 56.6 Å². The summed E-state index contributed by atoms with van der Waals surface area (Å²) in [7, 11) is 0. The molecule has 0 radical (unpaired) electrons. The molecule has 0 aliphatic heterocycles. The Labute approximate surface area is 122 Å². The number of H-pyrrole nitrogens is 1. The summed E-state index contributed by atoms with van der Waals surface area (Å²) in [4.78, 5) is 14.1. The van der Waals surface area contributed by atoms with E-state index in [2.05, 4.69) is 4.98 Å². The van der Waals surface area contributed by atoms with Crippen LogP contribution in [0.15, 0.2) is 23.0 Å². The Morgan fingerprint density at radius 1 is 1.14 bits per heavy atom. The van der Waals surface area contributed by atoms with Crippen molar-refractivity contribution in [3.63, 3.8) is 0 Å². The molecule has 3 nitrogen and oxygen atoms in total. The van der Waals surface area contributed by atoms with Gasteiger partial charge in [-0.2, -0.15) is 18.4 Å². The standard InChI is InChI=1S/C15H10F4N2O/c1-7-3-10(13(16)12(4-7)15(17,18)19)9-5-8(2)21-14(22)11(9)6-20/h3-5H,1-2H3,(H,21,22). The fourth-order valence-electron chi connectivity index (χ4n) is 2.18. The lowest BCUT2D eigenvalue weighted by molar-refractivity contribution is -0.139. The molecule has 0 saturated heterocycles. The van der Waals surface area contributed by atoms with Crippen molar-refractivity contribution in [2.75, 3.05) is 0 Å². The van der Waals surface area contributed by atoms with Gasteiger partial charge in [0, 0.05) is 16.8 Å². The van der Waals surface area contributed by atoms with E-state index < -0.39 is 34.2 Å². The predicted octanol–water partition coefficient (Wildman–Crippen LogP) is 3.69. The highest BCUT2D eigenvalue weighted by Crippen LogP contribution is 2.37. The first kappa shape index (κ1) is 15.8. The average molecular weight is 310 g/mol. The minimum absolute atomic E-state index is 0.157. The highest BCUT2D eigenvalue weighted by Gasteiger charge is 2.35. The molecule has 114 valence electrons. The van der Waals surface area contributed by atoms with Crippen LogP contribution in [0.1, 0.15) is 22.4 Å². The number of alkyl halides is 3. The molecule has 0 bridgehead atoms. The molecular formula is C15H10F4N2O. The zero-order chi connectivity index (χ0) is 16.7. The zero-order valence-corrected chi connectivity index (χ0v) is 11.6. The summed E-state index contributed by atoms with van der Waals surface area (Å²) < 4.78 is 52.9. The van der Waals surface area contributed by atoms with E-state index in [9.17, 15) is 22.4 Å². The molecule has 0 spiro atoms. The summed E-state index contributed by atoms with van der Waals surface area (Å²) in [6, 6.07) is 4.74. The van der Waals surface area contributed by atoms with E-state index in [1.54, 1.807) is 6.07 Å². The molecule has 2 aromatic rings. The van der Waals surface area contributed by atoms with Crippen LogP contribution in [0.3, 0.4) is 0 Å². The molecule has 0 fully saturated rings. The summed E-state index contributed by atoms with van der Waals surface area (Å²) in [6.07, 6.45) is -4.87. The molecule has 0 aliphatic rings. The molecule has 7 heteroatoms. The first-order valence-corrected chi connectivity index (χ1v) is 6.17. The van der Waals surface area contributed by atoms with Crippen molar-refractivity contribution >= 4 is 0 Å². The second-order valence-corrected chi connectivity index (χ2v) is 4.85. The number of pyridine rings is 1. The van der Waals surface area contributed by atoms with Crippen LogP contribution < -0.4 is 5.56 Å². The van der Waals surface area contributed by atoms with Crippen LogP contribution in [0.5, 0.6) is 0 Å². The van der Waals surface area contributed by atoms with Crippen molar-refractivity contribution in [2.45, 2.75) is 20.0 Å². The molecule has 22 heavy (non-hydrogen) atoms. The van der Waals surface area contributed by atoms with Crippen LogP contribution in [0.2, 0.25) is 0 Å². The number of hydrogen-bond donors (Lipinski definition) is 1. The summed E-state index contributed by atoms with van der Waals surface area (Å²) in [5.41, 5.74) is -2.72. The molecule has 0 unspecified atom stereocenters. The van der Waals surface area contributed by atoms with Gasteiger partial charge >= 0.3 is 6.18 Å². The summed E-state index contributed by atoms with van der Waals surface area (Å²) in [5.74, 6) is -1.50. The van der Waals surface area contributed by atoms with Crippen molar-refractivity contribution in [1.29, 1.82) is 5.26 Å². The number of aromatic nitrogens is 1. The molecule has 0 atom stereocenters. The molecule has 2 rings (SSSR count). The lowest BCUT2D eigenvalue weighted by Gasteiger charge is -2.14. The molecule has 1 aromatic carbocycles. The third-order valence-corrected chi connectivity index (χ3v) is 3.09. The Morgan fingerprint density at radius 3 is 2.32 bits per heavy atom. The van der Waals surface area contributed by atoms with Crippen LogP contribution in [-0.2, 0) is 6.18 Å². The quantitative estimate of drug-likeness (QED) is 0.817. The number of halogens is 4. The number of nitrogens with zero attached hydrogens (tertiary/aromatic N) is 1. The number of rotatable bonds is 1. The fourth-order valence-corrected chi connectivity index (χ4v) is 2.18. The van der Waals surface area contributed by atoms with Gasteiger partial charge in [0.1, 0.15) is 17.4 Å². The van der Waals surface area contributed by atoms with Gasteiger partial charge in [-0.05, 0) is 37.6 Å². The van der Waals surface area contributed by atoms with Gasteiger partial charge in [-0.1, -0.05) is 0 Å². The first-order chi connectivity index (χ1) is 10.1. The van der Waals surface area contributed by atoms with E-state index in [1.807, 2.05) is 0 Å². The number of aryl methyl sites for hydroxylation is 2. The van der Waals surface area contributed by atoms with Gasteiger partial charge in [-0.25, -0.2) is 4.39 Å². The molecule has 0 aliphatic carbocycles. The van der Waals surface area contributed by atoms with E-state index >= 15 is 0 Å². The average Bonchev–Trinajstić information content (AvgIpc) is 2.39. The highest BCUT2D eigenvalue weighted by atomic mass is 19.4. The van der Waals surface area contributed by atoms with Gasteiger partial charge in [0.2, 0.25) is 0 Å². The van der Waals surface area contributed by atoms with E-state index in [1.165, 1.54) is 26.0 Å². The normalized spacial score (nSPS) is 11.3. The van der Waals surface area contributed by atoms with Crippen LogP contribution in [0.25, 0.3) is 11.1 Å². The van der Waals surface area contributed by atoms with Gasteiger partial charge in [0.15, 0.2) is 0 Å². The van der Waals surface area contributed by atoms with E-state index in [4.69, 9.17) is 5.26 Å². The van der Waals surface area contributed by atoms with E-state index in [0.717, 1.165) is 0 Å². The Balaban J connectivity index is 2.89. The summed E-state index contributed by atoms with van der Waals surface area (Å²) in [5, 5.41) is 9.03. The van der Waals surface area contributed by atoms with Gasteiger partial charge in [-0.3, -0.25) is 4.79 Å². The molecule has 0 saturated carbocycles. The second-order valence-electron chi connectivity index (χ2n) is 4.85. The van der Waals surface area contributed by atoms with Crippen molar-refractivity contribution in [3.8, 4) is 17.2 Å². The zero-order valence-electron chi connectivity index (χ0n) is 11.6. The maximum Gasteiger partial charge on any atom is 0.419 e. The number of benzene rings is 1. The first-order valence-electron chi connectivity index (χ1n) is 6.17. The van der Waals surface area contributed by atoms with Crippen molar-refractivity contribution < 1.29 is 17.6 Å². The van der Waals surface area contributed by atoms with Crippen molar-refractivity contribution in [3.05, 3.63) is 56.8 Å². The number of aromatic amines is 1.